The number of hydrogen-bond donors (Lipinski definition) is 0. The van der Waals surface area contributed by atoms with Gasteiger partial charge in [-0.05, 0) is 133 Å². The van der Waals surface area contributed by atoms with Crippen LogP contribution >= 0.6 is 27.3 Å². The quantitative estimate of drug-likeness (QED) is 0.0661. The van der Waals surface area contributed by atoms with Crippen molar-refractivity contribution in [1.29, 1.82) is 0 Å². The summed E-state index contributed by atoms with van der Waals surface area (Å²) in [6.45, 7) is 0. The van der Waals surface area contributed by atoms with E-state index in [-0.39, 0.29) is 29.5 Å². The summed E-state index contributed by atoms with van der Waals surface area (Å²) in [5.74, 6) is 0.0260. The summed E-state index contributed by atoms with van der Waals surface area (Å²) in [7, 11) is 4.80. The maximum Gasteiger partial charge on any atom is 0.314 e. The Hall–Kier alpha value is -4.74. The van der Waals surface area contributed by atoms with E-state index in [1.54, 1.807) is 93.0 Å². The van der Waals surface area contributed by atoms with E-state index in [0.29, 0.717) is 70.4 Å². The molecule has 11 heteroatoms. The lowest BCUT2D eigenvalue weighted by molar-refractivity contribution is -0.145. The van der Waals surface area contributed by atoms with Crippen molar-refractivity contribution in [1.82, 2.24) is 0 Å². The number of esters is 2. The number of methoxy groups -OCH3 is 2. The molecule has 9 nitrogen and oxygen atoms in total. The lowest BCUT2D eigenvalue weighted by Gasteiger charge is -2.26. The van der Waals surface area contributed by atoms with Gasteiger partial charge in [0.15, 0.2) is 5.78 Å². The van der Waals surface area contributed by atoms with Gasteiger partial charge in [0, 0.05) is 23.9 Å². The van der Waals surface area contributed by atoms with E-state index in [4.69, 9.17) is 18.9 Å². The van der Waals surface area contributed by atoms with Gasteiger partial charge in [0.05, 0.1) is 34.7 Å². The molecule has 0 aliphatic heterocycles. The molecule has 0 bridgehead atoms. The van der Waals surface area contributed by atoms with Gasteiger partial charge in [-0.1, -0.05) is 0 Å². The Morgan fingerprint density at radius 1 is 0.750 bits per heavy atom. The van der Waals surface area contributed by atoms with Crippen LogP contribution in [0.5, 0.6) is 23.0 Å². The molecule has 48 heavy (non-hydrogen) atoms. The van der Waals surface area contributed by atoms with E-state index in [2.05, 4.69) is 15.9 Å². The van der Waals surface area contributed by atoms with Gasteiger partial charge < -0.3 is 23.8 Å². The molecule has 1 amide bonds. The highest BCUT2D eigenvalue weighted by molar-refractivity contribution is 9.11. The van der Waals surface area contributed by atoms with Crippen LogP contribution in [0.3, 0.4) is 0 Å². The average Bonchev–Trinajstić information content (AvgIpc) is 3.57. The van der Waals surface area contributed by atoms with Crippen molar-refractivity contribution in [2.75, 3.05) is 26.2 Å². The largest absolute Gasteiger partial charge is 0.497 e. The van der Waals surface area contributed by atoms with Crippen LogP contribution in [0.2, 0.25) is 0 Å². The van der Waals surface area contributed by atoms with Crippen molar-refractivity contribution >= 4 is 62.7 Å². The number of halogens is 1. The fourth-order valence-corrected chi connectivity index (χ4v) is 6.62. The molecule has 1 aromatic heterocycles. The molecular weight excluding hydrogens is 698 g/mol. The lowest BCUT2D eigenvalue weighted by Crippen LogP contribution is -2.30. The minimum atomic E-state index is -0.394. The molecule has 1 aliphatic carbocycles. The molecular formula is C37H34BrNO8S. The molecule has 1 aliphatic rings. The highest BCUT2D eigenvalue weighted by atomic mass is 79.9. The topological polar surface area (TPSA) is 108 Å². The van der Waals surface area contributed by atoms with Crippen LogP contribution < -0.4 is 23.8 Å². The fraction of sp³-hybridized carbons (Fsp3) is 0.243. The number of thiophene rings is 1. The number of rotatable bonds is 11. The molecule has 0 atom stereocenters. The van der Waals surface area contributed by atoms with Gasteiger partial charge in [-0.3, -0.25) is 19.2 Å². The van der Waals surface area contributed by atoms with Crippen molar-refractivity contribution < 1.29 is 38.1 Å². The summed E-state index contributed by atoms with van der Waals surface area (Å²) in [5.41, 5.74) is 1.70. The number of allylic oxidation sites excluding steroid dienone is 1. The van der Waals surface area contributed by atoms with Gasteiger partial charge in [0.2, 0.25) is 0 Å². The Kier molecular flexibility index (Phi) is 11.5. The van der Waals surface area contributed by atoms with Crippen molar-refractivity contribution in [3.05, 3.63) is 105 Å². The second-order valence-corrected chi connectivity index (χ2v) is 13.6. The third-order valence-electron chi connectivity index (χ3n) is 8.14. The molecule has 248 valence electrons. The monoisotopic (exact) mass is 731 g/mol. The number of ketones is 1. The zero-order valence-electron chi connectivity index (χ0n) is 26.6. The summed E-state index contributed by atoms with van der Waals surface area (Å²) in [5, 5.41) is 0. The highest BCUT2D eigenvalue weighted by Gasteiger charge is 2.32. The van der Waals surface area contributed by atoms with E-state index < -0.39 is 5.97 Å². The van der Waals surface area contributed by atoms with E-state index >= 15 is 0 Å². The maximum absolute atomic E-state index is 13.2. The van der Waals surface area contributed by atoms with Crippen molar-refractivity contribution in [3.8, 4) is 23.0 Å². The molecule has 0 radical (unpaired) electrons. The summed E-state index contributed by atoms with van der Waals surface area (Å²) in [6, 6.07) is 22.2. The van der Waals surface area contributed by atoms with Crippen LogP contribution in [0.15, 0.2) is 88.7 Å². The molecule has 5 rings (SSSR count). The predicted molar refractivity (Wildman–Crippen MR) is 187 cm³/mol. The molecule has 1 heterocycles. The van der Waals surface area contributed by atoms with E-state index in [9.17, 15) is 19.2 Å². The van der Waals surface area contributed by atoms with E-state index in [0.717, 1.165) is 3.79 Å². The number of benzene rings is 3. The van der Waals surface area contributed by atoms with E-state index in [1.807, 2.05) is 6.07 Å². The number of hydrogen-bond acceptors (Lipinski definition) is 9. The molecule has 4 aromatic rings. The zero-order chi connectivity index (χ0) is 34.2. The number of nitrogens with zero attached hydrogens (tertiary/aromatic N) is 1. The molecule has 3 aromatic carbocycles. The van der Waals surface area contributed by atoms with Crippen LogP contribution in [0.4, 0.5) is 5.69 Å². The van der Waals surface area contributed by atoms with Gasteiger partial charge in [-0.25, -0.2) is 0 Å². The first-order chi connectivity index (χ1) is 23.1. The number of amides is 1. The number of ether oxygens (including phenoxy) is 4. The number of anilines is 1. The smallest absolute Gasteiger partial charge is 0.314 e. The SMILES string of the molecule is COc1ccc(N(C)C(=O)c2ccc(OC(=O)C3CCC(C(=O)Oc4ccc(OC)cc4/C=C/C(=O)c4ccc(Br)s4)CC3)cc2)cc1. The summed E-state index contributed by atoms with van der Waals surface area (Å²) >= 11 is 4.70. The zero-order valence-corrected chi connectivity index (χ0v) is 29.0. The number of carbonyl (C=O) groups is 4. The summed E-state index contributed by atoms with van der Waals surface area (Å²) in [6.07, 6.45) is 4.93. The molecule has 0 N–H and O–H groups in total. The highest BCUT2D eigenvalue weighted by Crippen LogP contribution is 2.33. The molecule has 1 saturated carbocycles. The standard InChI is InChI=1S/C37H34BrNO8S/c1-39(27-11-15-28(44-2)16-12-27)35(41)23-8-13-29(14-9-23)46-36(42)24-4-6-25(7-5-24)37(43)47-32-19-17-30(45-3)22-26(32)10-18-31(40)33-20-21-34(38)48-33/h8-22,24-25H,4-7H2,1-3H3/b18-10+. The molecule has 0 unspecified atom stereocenters. The maximum atomic E-state index is 13.2. The summed E-state index contributed by atoms with van der Waals surface area (Å²) < 4.78 is 22.8. The van der Waals surface area contributed by atoms with Crippen LogP contribution in [0, 0.1) is 11.8 Å². The van der Waals surface area contributed by atoms with Crippen LogP contribution in [0.1, 0.15) is 51.3 Å². The second kappa shape index (κ2) is 15.9. The van der Waals surface area contributed by atoms with E-state index in [1.165, 1.54) is 29.4 Å². The Morgan fingerprint density at radius 3 is 1.92 bits per heavy atom. The first kappa shape index (κ1) is 34.6. The van der Waals surface area contributed by atoms with Crippen LogP contribution in [0.25, 0.3) is 6.08 Å². The van der Waals surface area contributed by atoms with Crippen LogP contribution in [-0.4, -0.2) is 44.9 Å². The summed E-state index contributed by atoms with van der Waals surface area (Å²) in [4.78, 5) is 53.8. The first-order valence-corrected chi connectivity index (χ1v) is 16.9. The third kappa shape index (κ3) is 8.59. The number of carbonyl (C=O) groups excluding carboxylic acids is 4. The predicted octanol–water partition coefficient (Wildman–Crippen LogP) is 8.02. The van der Waals surface area contributed by atoms with Gasteiger partial charge in [0.25, 0.3) is 5.91 Å². The first-order valence-electron chi connectivity index (χ1n) is 15.3. The van der Waals surface area contributed by atoms with Crippen molar-refractivity contribution in [2.45, 2.75) is 25.7 Å². The van der Waals surface area contributed by atoms with Gasteiger partial charge >= 0.3 is 11.9 Å². The second-order valence-electron chi connectivity index (χ2n) is 11.2. The minimum Gasteiger partial charge on any atom is -0.497 e. The lowest BCUT2D eigenvalue weighted by atomic mass is 9.82. The Bertz CT molecular complexity index is 1810. The van der Waals surface area contributed by atoms with Crippen LogP contribution in [-0.2, 0) is 9.59 Å². The fourth-order valence-electron chi connectivity index (χ4n) is 5.31. The normalized spacial score (nSPS) is 15.8. The van der Waals surface area contributed by atoms with Gasteiger partial charge in [0.1, 0.15) is 23.0 Å². The minimum absolute atomic E-state index is 0.169. The van der Waals surface area contributed by atoms with Crippen molar-refractivity contribution in [2.24, 2.45) is 11.8 Å². The van der Waals surface area contributed by atoms with Crippen molar-refractivity contribution in [3.63, 3.8) is 0 Å². The molecule has 0 saturated heterocycles. The van der Waals surface area contributed by atoms with Gasteiger partial charge in [-0.2, -0.15) is 0 Å². The third-order valence-corrected chi connectivity index (χ3v) is 9.77. The molecule has 1 fully saturated rings. The Labute approximate surface area is 291 Å². The Balaban J connectivity index is 1.13. The average molecular weight is 733 g/mol. The van der Waals surface area contributed by atoms with Gasteiger partial charge in [-0.15, -0.1) is 11.3 Å². The molecule has 0 spiro atoms. The Morgan fingerprint density at radius 2 is 1.33 bits per heavy atom.